The van der Waals surface area contributed by atoms with Gasteiger partial charge in [-0.25, -0.2) is 0 Å². The molecule has 11 heteroatoms. The van der Waals surface area contributed by atoms with Crippen LogP contribution in [0.25, 0.3) is 11.1 Å². The van der Waals surface area contributed by atoms with Crippen molar-refractivity contribution in [2.24, 2.45) is 0 Å². The summed E-state index contributed by atoms with van der Waals surface area (Å²) >= 11 is 19.5. The number of aromatic nitrogens is 2. The number of carbonyl (C=O) groups excluding carboxylic acids is 2. The van der Waals surface area contributed by atoms with Crippen molar-refractivity contribution in [3.05, 3.63) is 92.7 Å². The molecule has 0 bridgehead atoms. The van der Waals surface area contributed by atoms with E-state index in [-0.39, 0.29) is 11.7 Å². The first kappa shape index (κ1) is 35.7. The fourth-order valence-electron chi connectivity index (χ4n) is 5.70. The van der Waals surface area contributed by atoms with Gasteiger partial charge in [-0.1, -0.05) is 53.0 Å². The minimum Gasteiger partial charge on any atom is -0.493 e. The van der Waals surface area contributed by atoms with E-state index in [4.69, 9.17) is 44.3 Å². The molecule has 0 N–H and O–H groups in total. The Balaban J connectivity index is 1.26. The third kappa shape index (κ3) is 8.91. The molecule has 1 aliphatic rings. The zero-order chi connectivity index (χ0) is 34.4. The summed E-state index contributed by atoms with van der Waals surface area (Å²) in [5.74, 6) is 1.42. The Hall–Kier alpha value is -3.56. The molecular weight excluding hydrogens is 671 g/mol. The molecule has 0 saturated heterocycles. The quantitative estimate of drug-likeness (QED) is 0.0790. The largest absolute Gasteiger partial charge is 0.493 e. The summed E-state index contributed by atoms with van der Waals surface area (Å²) in [6.45, 7) is 4.60. The van der Waals surface area contributed by atoms with E-state index in [1.807, 2.05) is 54.4 Å². The molecule has 254 valence electrons. The number of hydrogen-bond acceptors (Lipinski definition) is 5. The Morgan fingerprint density at radius 3 is 2.48 bits per heavy atom. The fourth-order valence-corrected chi connectivity index (χ4v) is 6.47. The number of benzene rings is 3. The van der Waals surface area contributed by atoms with Crippen LogP contribution in [0.2, 0.25) is 15.1 Å². The lowest BCUT2D eigenvalue weighted by Gasteiger charge is -2.23. The van der Waals surface area contributed by atoms with Crippen LogP contribution in [0.5, 0.6) is 11.5 Å². The van der Waals surface area contributed by atoms with Gasteiger partial charge in [0.25, 0.3) is 0 Å². The van der Waals surface area contributed by atoms with Crippen molar-refractivity contribution in [3.63, 3.8) is 0 Å². The van der Waals surface area contributed by atoms with Crippen LogP contribution in [0.3, 0.4) is 0 Å². The molecular formula is C37H42Cl3N4O4+. The van der Waals surface area contributed by atoms with Crippen molar-refractivity contribution in [3.8, 4) is 22.6 Å². The van der Waals surface area contributed by atoms with Gasteiger partial charge in [0.1, 0.15) is 5.75 Å². The molecule has 0 spiro atoms. The number of Topliss-reactive ketones (excluding diaryl/α,β-unsaturated/α-hetero) is 1. The minimum absolute atomic E-state index is 0.0144. The fraction of sp³-hybridized carbons (Fsp3) is 0.378. The summed E-state index contributed by atoms with van der Waals surface area (Å²) in [7, 11) is 6.32. The number of nitrogens with zero attached hydrogens (tertiary/aromatic N) is 4. The zero-order valence-corrected chi connectivity index (χ0v) is 30.2. The van der Waals surface area contributed by atoms with Crippen LogP contribution in [0.4, 0.5) is 5.69 Å². The maximum absolute atomic E-state index is 13.5. The van der Waals surface area contributed by atoms with Gasteiger partial charge in [-0.05, 0) is 50.1 Å². The van der Waals surface area contributed by atoms with Gasteiger partial charge in [-0.15, -0.1) is 0 Å². The Bertz CT molecular complexity index is 1760. The van der Waals surface area contributed by atoms with Gasteiger partial charge >= 0.3 is 0 Å². The maximum atomic E-state index is 13.5. The molecule has 1 amide bonds. The summed E-state index contributed by atoms with van der Waals surface area (Å²) in [5, 5.41) is 6.08. The first-order valence-electron chi connectivity index (χ1n) is 16.2. The lowest BCUT2D eigenvalue weighted by Crippen LogP contribution is -2.35. The second-order valence-corrected chi connectivity index (χ2v) is 14.3. The number of anilines is 1. The SMILES string of the molecule is Cc1c(Cl)cccc1OCCCC(=O)N1CCCOc2c(-c3cnn(Cc4c(Cl)cc(C(=O)CCC[N+](C)(C)C)cc4Cl)c3)cccc21. The lowest BCUT2D eigenvalue weighted by molar-refractivity contribution is -0.870. The van der Waals surface area contributed by atoms with E-state index in [0.29, 0.717) is 83.9 Å². The smallest absolute Gasteiger partial charge is 0.227 e. The highest BCUT2D eigenvalue weighted by Gasteiger charge is 2.25. The molecule has 0 unspecified atom stereocenters. The molecule has 0 saturated carbocycles. The second kappa shape index (κ2) is 15.8. The van der Waals surface area contributed by atoms with Crippen LogP contribution in [0.15, 0.2) is 60.9 Å². The van der Waals surface area contributed by atoms with E-state index >= 15 is 0 Å². The van der Waals surface area contributed by atoms with Gasteiger partial charge < -0.3 is 18.9 Å². The minimum atomic E-state index is 0.0144. The molecule has 48 heavy (non-hydrogen) atoms. The molecule has 2 heterocycles. The maximum Gasteiger partial charge on any atom is 0.227 e. The lowest BCUT2D eigenvalue weighted by atomic mass is 10.0. The van der Waals surface area contributed by atoms with E-state index in [1.54, 1.807) is 23.0 Å². The number of rotatable bonds is 13. The Morgan fingerprint density at radius 2 is 1.73 bits per heavy atom. The van der Waals surface area contributed by atoms with E-state index < -0.39 is 0 Å². The number of para-hydroxylation sites is 1. The molecule has 5 rings (SSSR count). The predicted molar refractivity (Wildman–Crippen MR) is 193 cm³/mol. The van der Waals surface area contributed by atoms with Crippen LogP contribution < -0.4 is 14.4 Å². The van der Waals surface area contributed by atoms with Crippen molar-refractivity contribution in [2.75, 3.05) is 52.3 Å². The monoisotopic (exact) mass is 711 g/mol. The number of carbonyl (C=O) groups is 2. The molecule has 8 nitrogen and oxygen atoms in total. The molecule has 0 fully saturated rings. The van der Waals surface area contributed by atoms with Crippen molar-refractivity contribution in [1.29, 1.82) is 0 Å². The highest BCUT2D eigenvalue weighted by Crippen LogP contribution is 2.40. The average Bonchev–Trinajstić information content (AvgIpc) is 3.39. The van der Waals surface area contributed by atoms with Crippen molar-refractivity contribution >= 4 is 52.2 Å². The van der Waals surface area contributed by atoms with Gasteiger partial charge in [0.05, 0.1) is 59.3 Å². The first-order valence-corrected chi connectivity index (χ1v) is 17.3. The Labute approximate surface area is 297 Å². The summed E-state index contributed by atoms with van der Waals surface area (Å²) in [6, 6.07) is 14.8. The standard InChI is InChI=1S/C37H42Cl3N4O4/c1-25-30(38)11-6-14-35(25)47-18-8-15-36(46)43-16-9-19-48-37-28(10-5-12-33(37)43)27-22-41-42(23-27)24-29-31(39)20-26(21-32(29)40)34(45)13-7-17-44(2,3)4/h5-6,10-12,14,20-23H,7-9,13,15-19,24H2,1-4H3/q+1. The summed E-state index contributed by atoms with van der Waals surface area (Å²) < 4.78 is 14.7. The topological polar surface area (TPSA) is 73.7 Å². The number of hydrogen-bond donors (Lipinski definition) is 0. The number of quaternary nitrogens is 1. The number of halogens is 3. The van der Waals surface area contributed by atoms with Gasteiger partial charge in [-0.2, -0.15) is 5.10 Å². The highest BCUT2D eigenvalue weighted by molar-refractivity contribution is 6.36. The highest BCUT2D eigenvalue weighted by atomic mass is 35.5. The number of amides is 1. The molecule has 4 aromatic rings. The number of ketones is 1. The van der Waals surface area contributed by atoms with Crippen molar-refractivity contribution in [1.82, 2.24) is 9.78 Å². The van der Waals surface area contributed by atoms with Crippen LogP contribution in [-0.2, 0) is 11.3 Å². The van der Waals surface area contributed by atoms with Crippen LogP contribution in [0, 0.1) is 6.92 Å². The molecule has 0 atom stereocenters. The van der Waals surface area contributed by atoms with E-state index in [1.165, 1.54) is 0 Å². The molecule has 3 aromatic carbocycles. The van der Waals surface area contributed by atoms with Crippen LogP contribution in [0.1, 0.15) is 53.6 Å². The van der Waals surface area contributed by atoms with Crippen molar-refractivity contribution in [2.45, 2.75) is 45.6 Å². The van der Waals surface area contributed by atoms with Gasteiger partial charge in [-0.3, -0.25) is 14.3 Å². The summed E-state index contributed by atoms with van der Waals surface area (Å²) in [5.41, 5.74) is 4.50. The van der Waals surface area contributed by atoms with Crippen molar-refractivity contribution < 1.29 is 23.5 Å². The average molecular weight is 713 g/mol. The number of ether oxygens (including phenoxy) is 2. The Morgan fingerprint density at radius 1 is 0.979 bits per heavy atom. The third-order valence-electron chi connectivity index (χ3n) is 8.33. The van der Waals surface area contributed by atoms with Gasteiger partial charge in [0.2, 0.25) is 5.91 Å². The van der Waals surface area contributed by atoms with E-state index in [9.17, 15) is 9.59 Å². The molecule has 1 aromatic heterocycles. The summed E-state index contributed by atoms with van der Waals surface area (Å²) in [4.78, 5) is 28.1. The Kier molecular flexibility index (Phi) is 11.7. The molecule has 0 aliphatic carbocycles. The van der Waals surface area contributed by atoms with E-state index in [2.05, 4.69) is 26.2 Å². The van der Waals surface area contributed by atoms with E-state index in [0.717, 1.165) is 45.6 Å². The molecule has 1 aliphatic heterocycles. The zero-order valence-electron chi connectivity index (χ0n) is 27.9. The molecule has 0 radical (unpaired) electrons. The summed E-state index contributed by atoms with van der Waals surface area (Å²) in [6.07, 6.45) is 6.51. The predicted octanol–water partition coefficient (Wildman–Crippen LogP) is 8.51. The van der Waals surface area contributed by atoms with Crippen LogP contribution >= 0.6 is 34.8 Å². The normalized spacial score (nSPS) is 13.1. The third-order valence-corrected chi connectivity index (χ3v) is 9.41. The number of fused-ring (bicyclic) bond motifs is 1. The van der Waals surface area contributed by atoms with Gasteiger partial charge in [0.15, 0.2) is 11.5 Å². The second-order valence-electron chi connectivity index (χ2n) is 13.1. The van der Waals surface area contributed by atoms with Gasteiger partial charge in [0, 0.05) is 74.9 Å². The first-order chi connectivity index (χ1) is 22.9. The van der Waals surface area contributed by atoms with Crippen LogP contribution in [-0.4, -0.2) is 73.4 Å².